The monoisotopic (exact) mass is 376 g/mol. The van der Waals surface area contributed by atoms with E-state index < -0.39 is 5.97 Å². The molecule has 0 saturated carbocycles. The molecule has 0 spiro atoms. The molecule has 0 heterocycles. The minimum Gasteiger partial charge on any atom is -0.465 e. The van der Waals surface area contributed by atoms with Crippen LogP contribution in [0.2, 0.25) is 0 Å². The van der Waals surface area contributed by atoms with Gasteiger partial charge in [0.05, 0.1) is 24.9 Å². The lowest BCUT2D eigenvalue weighted by Gasteiger charge is -2.11. The first-order valence-electron chi connectivity index (χ1n) is 6.98. The number of nitrogens with one attached hydrogen (secondary N) is 2. The van der Waals surface area contributed by atoms with Crippen LogP contribution < -0.4 is 10.6 Å². The maximum absolute atomic E-state index is 12.1. The molecule has 2 N–H and O–H groups in total. The van der Waals surface area contributed by atoms with Crippen LogP contribution in [0, 0.1) is 6.92 Å². The van der Waals surface area contributed by atoms with Crippen LogP contribution in [-0.2, 0) is 9.53 Å². The molecule has 2 rings (SSSR count). The van der Waals surface area contributed by atoms with Crippen molar-refractivity contribution in [3.8, 4) is 0 Å². The molecule has 2 aromatic carbocycles. The zero-order valence-electron chi connectivity index (χ0n) is 12.9. The van der Waals surface area contributed by atoms with E-state index in [2.05, 4.69) is 26.6 Å². The van der Waals surface area contributed by atoms with Crippen molar-refractivity contribution in [2.24, 2.45) is 0 Å². The van der Waals surface area contributed by atoms with E-state index in [0.29, 0.717) is 11.3 Å². The molecule has 23 heavy (non-hydrogen) atoms. The number of para-hydroxylation sites is 1. The molecule has 0 aromatic heterocycles. The maximum atomic E-state index is 12.1. The molecule has 0 unspecified atom stereocenters. The van der Waals surface area contributed by atoms with Gasteiger partial charge in [0.2, 0.25) is 5.91 Å². The van der Waals surface area contributed by atoms with E-state index in [-0.39, 0.29) is 12.5 Å². The average Bonchev–Trinajstić information content (AvgIpc) is 2.55. The van der Waals surface area contributed by atoms with Crippen molar-refractivity contribution in [1.29, 1.82) is 0 Å². The number of carbonyl (C=O) groups excluding carboxylic acids is 2. The molecule has 2 aromatic rings. The number of rotatable bonds is 5. The Hall–Kier alpha value is -2.34. The molecule has 0 saturated heterocycles. The third-order valence-electron chi connectivity index (χ3n) is 3.22. The normalized spacial score (nSPS) is 10.0. The number of aryl methyl sites for hydroxylation is 1. The fraction of sp³-hybridized carbons (Fsp3) is 0.176. The standard InChI is InChI=1S/C17H17BrN2O3/c1-11-9-12(7-8-14(11)18)19-10-16(21)20-15-6-4-3-5-13(15)17(22)23-2/h3-9,19H,10H2,1-2H3,(H,20,21). The topological polar surface area (TPSA) is 67.4 Å². The highest BCUT2D eigenvalue weighted by atomic mass is 79.9. The van der Waals surface area contributed by atoms with Crippen molar-refractivity contribution in [2.45, 2.75) is 6.92 Å². The van der Waals surface area contributed by atoms with Gasteiger partial charge in [-0.25, -0.2) is 4.79 Å². The van der Waals surface area contributed by atoms with E-state index in [0.717, 1.165) is 15.7 Å². The van der Waals surface area contributed by atoms with Crippen LogP contribution in [0.15, 0.2) is 46.9 Å². The van der Waals surface area contributed by atoms with Gasteiger partial charge in [0, 0.05) is 10.2 Å². The lowest BCUT2D eigenvalue weighted by molar-refractivity contribution is -0.114. The van der Waals surface area contributed by atoms with E-state index in [1.807, 2.05) is 25.1 Å². The van der Waals surface area contributed by atoms with Crippen molar-refractivity contribution in [3.63, 3.8) is 0 Å². The van der Waals surface area contributed by atoms with Crippen molar-refractivity contribution in [1.82, 2.24) is 0 Å². The van der Waals surface area contributed by atoms with E-state index >= 15 is 0 Å². The summed E-state index contributed by atoms with van der Waals surface area (Å²) in [6.45, 7) is 2.07. The largest absolute Gasteiger partial charge is 0.465 e. The highest BCUT2D eigenvalue weighted by Gasteiger charge is 2.13. The zero-order chi connectivity index (χ0) is 16.8. The summed E-state index contributed by atoms with van der Waals surface area (Å²) in [5, 5.41) is 5.76. The second-order valence-corrected chi connectivity index (χ2v) is 5.76. The Morgan fingerprint density at radius 1 is 1.17 bits per heavy atom. The number of hydrogen-bond donors (Lipinski definition) is 2. The second-order valence-electron chi connectivity index (χ2n) is 4.90. The van der Waals surface area contributed by atoms with Gasteiger partial charge in [-0.05, 0) is 42.8 Å². The molecule has 0 radical (unpaired) electrons. The quantitative estimate of drug-likeness (QED) is 0.782. The summed E-state index contributed by atoms with van der Waals surface area (Å²) in [7, 11) is 1.30. The van der Waals surface area contributed by atoms with Gasteiger partial charge in [-0.15, -0.1) is 0 Å². The van der Waals surface area contributed by atoms with Crippen LogP contribution in [0.3, 0.4) is 0 Å². The van der Waals surface area contributed by atoms with E-state index in [9.17, 15) is 9.59 Å². The molecule has 0 atom stereocenters. The van der Waals surface area contributed by atoms with Crippen LogP contribution in [0.4, 0.5) is 11.4 Å². The minimum atomic E-state index is -0.489. The van der Waals surface area contributed by atoms with E-state index in [1.54, 1.807) is 24.3 Å². The van der Waals surface area contributed by atoms with Crippen molar-refractivity contribution >= 4 is 39.2 Å². The number of hydrogen-bond acceptors (Lipinski definition) is 4. The Morgan fingerprint density at radius 2 is 1.91 bits per heavy atom. The van der Waals surface area contributed by atoms with Crippen LogP contribution in [-0.4, -0.2) is 25.5 Å². The summed E-state index contributed by atoms with van der Waals surface area (Å²) in [5.41, 5.74) is 2.68. The highest BCUT2D eigenvalue weighted by molar-refractivity contribution is 9.10. The van der Waals surface area contributed by atoms with Crippen LogP contribution in [0.1, 0.15) is 15.9 Å². The smallest absolute Gasteiger partial charge is 0.339 e. The number of carbonyl (C=O) groups is 2. The first-order valence-corrected chi connectivity index (χ1v) is 7.78. The fourth-order valence-electron chi connectivity index (χ4n) is 2.01. The molecule has 5 nitrogen and oxygen atoms in total. The summed E-state index contributed by atoms with van der Waals surface area (Å²) in [6.07, 6.45) is 0. The number of halogens is 1. The minimum absolute atomic E-state index is 0.0938. The van der Waals surface area contributed by atoms with Crippen molar-refractivity contribution in [2.75, 3.05) is 24.3 Å². The SMILES string of the molecule is COC(=O)c1ccccc1NC(=O)CNc1ccc(Br)c(C)c1. The maximum Gasteiger partial charge on any atom is 0.339 e. The highest BCUT2D eigenvalue weighted by Crippen LogP contribution is 2.20. The van der Waals surface area contributed by atoms with E-state index in [1.165, 1.54) is 7.11 Å². The van der Waals surface area contributed by atoms with Gasteiger partial charge in [-0.3, -0.25) is 4.79 Å². The molecule has 1 amide bonds. The Bertz CT molecular complexity index is 732. The Labute approximate surface area is 143 Å². The first-order chi connectivity index (χ1) is 11.0. The predicted molar refractivity (Wildman–Crippen MR) is 93.8 cm³/mol. The van der Waals surface area contributed by atoms with Crippen molar-refractivity contribution in [3.05, 3.63) is 58.1 Å². The summed E-state index contributed by atoms with van der Waals surface area (Å²) >= 11 is 3.43. The third-order valence-corrected chi connectivity index (χ3v) is 4.11. The number of ether oxygens (including phenoxy) is 1. The fourth-order valence-corrected chi connectivity index (χ4v) is 2.26. The zero-order valence-corrected chi connectivity index (χ0v) is 14.4. The molecule has 0 fully saturated rings. The molecule has 6 heteroatoms. The van der Waals surface area contributed by atoms with Gasteiger partial charge in [0.15, 0.2) is 0 Å². The summed E-state index contributed by atoms with van der Waals surface area (Å²) in [5.74, 6) is -0.737. The summed E-state index contributed by atoms with van der Waals surface area (Å²) in [6, 6.07) is 12.5. The number of esters is 1. The lowest BCUT2D eigenvalue weighted by Crippen LogP contribution is -2.23. The number of anilines is 2. The van der Waals surface area contributed by atoms with Gasteiger partial charge in [-0.2, -0.15) is 0 Å². The predicted octanol–water partition coefficient (Wildman–Crippen LogP) is 3.59. The van der Waals surface area contributed by atoms with Gasteiger partial charge in [0.25, 0.3) is 0 Å². The number of benzene rings is 2. The lowest BCUT2D eigenvalue weighted by atomic mass is 10.2. The van der Waals surface area contributed by atoms with Gasteiger partial charge in [0.1, 0.15) is 0 Å². The number of amides is 1. The molecule has 0 bridgehead atoms. The van der Waals surface area contributed by atoms with E-state index in [4.69, 9.17) is 4.74 Å². The molecular formula is C17H17BrN2O3. The first kappa shape index (κ1) is 17.0. The second kappa shape index (κ2) is 7.78. The van der Waals surface area contributed by atoms with Gasteiger partial charge < -0.3 is 15.4 Å². The molecule has 0 aliphatic heterocycles. The van der Waals surface area contributed by atoms with Crippen molar-refractivity contribution < 1.29 is 14.3 Å². The molecule has 0 aliphatic carbocycles. The van der Waals surface area contributed by atoms with Crippen LogP contribution in [0.5, 0.6) is 0 Å². The van der Waals surface area contributed by atoms with Crippen LogP contribution in [0.25, 0.3) is 0 Å². The number of methoxy groups -OCH3 is 1. The Kier molecular flexibility index (Phi) is 5.76. The Balaban J connectivity index is 2.00. The van der Waals surface area contributed by atoms with Gasteiger partial charge in [-0.1, -0.05) is 28.1 Å². The third kappa shape index (κ3) is 4.56. The van der Waals surface area contributed by atoms with Gasteiger partial charge >= 0.3 is 5.97 Å². The average molecular weight is 377 g/mol. The molecular weight excluding hydrogens is 360 g/mol. The summed E-state index contributed by atoms with van der Waals surface area (Å²) < 4.78 is 5.72. The molecule has 120 valence electrons. The molecule has 0 aliphatic rings. The van der Waals surface area contributed by atoms with Crippen LogP contribution >= 0.6 is 15.9 Å². The summed E-state index contributed by atoms with van der Waals surface area (Å²) in [4.78, 5) is 23.7. The Morgan fingerprint density at radius 3 is 2.61 bits per heavy atom.